The molecule has 0 aliphatic rings. The lowest BCUT2D eigenvalue weighted by Gasteiger charge is -1.97. The number of fused-ring (bicyclic) bond motifs is 1. The largest absolute Gasteiger partial charge is 0.311 e. The summed E-state index contributed by atoms with van der Waals surface area (Å²) in [4.78, 5) is 12.4. The van der Waals surface area contributed by atoms with Crippen LogP contribution in [0.2, 0.25) is 0 Å². The lowest BCUT2D eigenvalue weighted by atomic mass is 10.5. The number of hydrogen-bond acceptors (Lipinski definition) is 3. The van der Waals surface area contributed by atoms with Gasteiger partial charge in [0.05, 0.1) is 6.33 Å². The van der Waals surface area contributed by atoms with Crippen LogP contribution in [0.1, 0.15) is 0 Å². The molecule has 0 aromatic carbocycles. The standard InChI is InChI=1S/C8H7IN4/c1-2-3-13-5-12-6-7(9)10-4-11-8(6)13/h2,4-5H,1,3H2. The first-order chi connectivity index (χ1) is 6.33. The Bertz CT molecular complexity index is 448. The molecule has 0 fully saturated rings. The number of nitrogens with zero attached hydrogens (tertiary/aromatic N) is 4. The molecule has 13 heavy (non-hydrogen) atoms. The molecule has 0 saturated heterocycles. The van der Waals surface area contributed by atoms with E-state index in [1.165, 1.54) is 0 Å². The predicted octanol–water partition coefficient (Wildman–Crippen LogP) is 1.62. The van der Waals surface area contributed by atoms with Crippen LogP contribution in [0.4, 0.5) is 0 Å². The van der Waals surface area contributed by atoms with Crippen LogP contribution < -0.4 is 0 Å². The first-order valence-electron chi connectivity index (χ1n) is 3.75. The summed E-state index contributed by atoms with van der Waals surface area (Å²) in [6.07, 6.45) is 5.12. The molecule has 0 saturated carbocycles. The highest BCUT2D eigenvalue weighted by Gasteiger charge is 2.05. The normalized spacial score (nSPS) is 10.5. The molecule has 0 spiro atoms. The third kappa shape index (κ3) is 1.43. The molecule has 0 aliphatic heterocycles. The number of hydrogen-bond donors (Lipinski definition) is 0. The Morgan fingerprint density at radius 2 is 2.31 bits per heavy atom. The van der Waals surface area contributed by atoms with Crippen LogP contribution in [-0.2, 0) is 6.54 Å². The minimum atomic E-state index is 0.726. The molecule has 5 heteroatoms. The van der Waals surface area contributed by atoms with Crippen molar-refractivity contribution in [3.63, 3.8) is 0 Å². The summed E-state index contributed by atoms with van der Waals surface area (Å²) < 4.78 is 2.82. The molecule has 2 rings (SSSR count). The fraction of sp³-hybridized carbons (Fsp3) is 0.125. The van der Waals surface area contributed by atoms with Gasteiger partial charge < -0.3 is 4.57 Å². The summed E-state index contributed by atoms with van der Waals surface area (Å²) in [5.74, 6) is 0. The van der Waals surface area contributed by atoms with Crippen molar-refractivity contribution in [2.24, 2.45) is 0 Å². The summed E-state index contributed by atoms with van der Waals surface area (Å²) in [6, 6.07) is 0. The first-order valence-corrected chi connectivity index (χ1v) is 4.83. The molecule has 2 aromatic heterocycles. The monoisotopic (exact) mass is 286 g/mol. The van der Waals surface area contributed by atoms with Gasteiger partial charge in [-0.15, -0.1) is 6.58 Å². The Morgan fingerprint density at radius 1 is 1.46 bits per heavy atom. The molecule has 0 N–H and O–H groups in total. The summed E-state index contributed by atoms with van der Waals surface area (Å²) in [5.41, 5.74) is 1.71. The first kappa shape index (κ1) is 8.61. The number of imidazole rings is 1. The van der Waals surface area contributed by atoms with Crippen LogP contribution in [-0.4, -0.2) is 19.5 Å². The second-order valence-electron chi connectivity index (χ2n) is 2.52. The van der Waals surface area contributed by atoms with Crippen LogP contribution in [0.25, 0.3) is 11.2 Å². The molecule has 2 heterocycles. The maximum Gasteiger partial charge on any atom is 0.164 e. The molecule has 2 aromatic rings. The molecule has 0 unspecified atom stereocenters. The third-order valence-corrected chi connectivity index (χ3v) is 2.47. The Morgan fingerprint density at radius 3 is 3.08 bits per heavy atom. The number of rotatable bonds is 2. The zero-order valence-corrected chi connectivity index (χ0v) is 8.97. The smallest absolute Gasteiger partial charge is 0.164 e. The zero-order valence-electron chi connectivity index (χ0n) is 6.81. The van der Waals surface area contributed by atoms with Crippen molar-refractivity contribution < 1.29 is 0 Å². The van der Waals surface area contributed by atoms with E-state index >= 15 is 0 Å². The van der Waals surface area contributed by atoms with Crippen molar-refractivity contribution >= 4 is 33.8 Å². The van der Waals surface area contributed by atoms with Crippen molar-refractivity contribution in [2.75, 3.05) is 0 Å². The van der Waals surface area contributed by atoms with Gasteiger partial charge in [-0.25, -0.2) is 15.0 Å². The van der Waals surface area contributed by atoms with E-state index in [-0.39, 0.29) is 0 Å². The van der Waals surface area contributed by atoms with E-state index in [0.29, 0.717) is 0 Å². The molecule has 0 aliphatic carbocycles. The predicted molar refractivity (Wildman–Crippen MR) is 58.2 cm³/mol. The molecule has 0 radical (unpaired) electrons. The molecule has 66 valence electrons. The molecule has 4 nitrogen and oxygen atoms in total. The van der Waals surface area contributed by atoms with Crippen LogP contribution in [0.15, 0.2) is 25.3 Å². The lowest BCUT2D eigenvalue weighted by Crippen LogP contribution is -1.95. The number of aromatic nitrogens is 4. The minimum Gasteiger partial charge on any atom is -0.311 e. The van der Waals surface area contributed by atoms with Crippen molar-refractivity contribution in [1.82, 2.24) is 19.5 Å². The Balaban J connectivity index is 2.67. The Hall–Kier alpha value is -0.980. The highest BCUT2D eigenvalue weighted by molar-refractivity contribution is 14.1. The van der Waals surface area contributed by atoms with E-state index < -0.39 is 0 Å². The number of allylic oxidation sites excluding steroid dienone is 1. The van der Waals surface area contributed by atoms with Crippen molar-refractivity contribution in [2.45, 2.75) is 6.54 Å². The van der Waals surface area contributed by atoms with Crippen LogP contribution >= 0.6 is 22.6 Å². The highest BCUT2D eigenvalue weighted by atomic mass is 127. The second-order valence-corrected chi connectivity index (χ2v) is 3.54. The highest BCUT2D eigenvalue weighted by Crippen LogP contribution is 2.13. The number of halogens is 1. The average Bonchev–Trinajstić information content (AvgIpc) is 2.51. The molecule has 0 atom stereocenters. The van der Waals surface area contributed by atoms with Crippen molar-refractivity contribution in [3.8, 4) is 0 Å². The minimum absolute atomic E-state index is 0.726. The van der Waals surface area contributed by atoms with E-state index in [2.05, 4.69) is 44.1 Å². The van der Waals surface area contributed by atoms with Gasteiger partial charge in [0.25, 0.3) is 0 Å². The fourth-order valence-corrected chi connectivity index (χ4v) is 1.63. The van der Waals surface area contributed by atoms with Crippen molar-refractivity contribution in [1.29, 1.82) is 0 Å². The maximum atomic E-state index is 4.22. The van der Waals surface area contributed by atoms with Gasteiger partial charge in [-0.2, -0.15) is 0 Å². The summed E-state index contributed by atoms with van der Waals surface area (Å²) in [7, 11) is 0. The molecular formula is C8H7IN4. The SMILES string of the molecule is C=CCn1cnc2c(I)ncnc21. The van der Waals surface area contributed by atoms with Gasteiger partial charge in [-0.1, -0.05) is 6.08 Å². The fourth-order valence-electron chi connectivity index (χ4n) is 1.12. The van der Waals surface area contributed by atoms with Gasteiger partial charge >= 0.3 is 0 Å². The lowest BCUT2D eigenvalue weighted by molar-refractivity contribution is 0.838. The molecule has 0 bridgehead atoms. The van der Waals surface area contributed by atoms with E-state index in [4.69, 9.17) is 0 Å². The van der Waals surface area contributed by atoms with Gasteiger partial charge in [0, 0.05) is 6.54 Å². The van der Waals surface area contributed by atoms with Gasteiger partial charge in [-0.05, 0) is 22.6 Å². The average molecular weight is 286 g/mol. The Kier molecular flexibility index (Phi) is 2.26. The molecular weight excluding hydrogens is 279 g/mol. The third-order valence-electron chi connectivity index (χ3n) is 1.68. The van der Waals surface area contributed by atoms with Gasteiger partial charge in [-0.3, -0.25) is 0 Å². The topological polar surface area (TPSA) is 43.6 Å². The van der Waals surface area contributed by atoms with Crippen LogP contribution in [0.5, 0.6) is 0 Å². The van der Waals surface area contributed by atoms with Gasteiger partial charge in [0.1, 0.15) is 15.5 Å². The van der Waals surface area contributed by atoms with Crippen LogP contribution in [0, 0.1) is 3.70 Å². The zero-order chi connectivity index (χ0) is 9.26. The summed E-state index contributed by atoms with van der Waals surface area (Å²) >= 11 is 2.15. The van der Waals surface area contributed by atoms with Gasteiger partial charge in [0.2, 0.25) is 0 Å². The maximum absolute atomic E-state index is 4.22. The van der Waals surface area contributed by atoms with Gasteiger partial charge in [0.15, 0.2) is 5.65 Å². The van der Waals surface area contributed by atoms with E-state index in [1.54, 1.807) is 12.7 Å². The quantitative estimate of drug-likeness (QED) is 0.478. The van der Waals surface area contributed by atoms with E-state index in [9.17, 15) is 0 Å². The summed E-state index contributed by atoms with van der Waals surface area (Å²) in [5, 5.41) is 0. The summed E-state index contributed by atoms with van der Waals surface area (Å²) in [6.45, 7) is 4.40. The molecule has 0 amide bonds. The van der Waals surface area contributed by atoms with Crippen LogP contribution in [0.3, 0.4) is 0 Å². The van der Waals surface area contributed by atoms with Crippen molar-refractivity contribution in [3.05, 3.63) is 29.0 Å². The van der Waals surface area contributed by atoms with E-state index in [1.807, 2.05) is 10.6 Å². The Labute approximate surface area is 88.9 Å². The second kappa shape index (κ2) is 3.41. The van der Waals surface area contributed by atoms with E-state index in [0.717, 1.165) is 21.4 Å².